The van der Waals surface area contributed by atoms with E-state index in [1.807, 2.05) is 60.4 Å². The second-order valence-corrected chi connectivity index (χ2v) is 21.1. The van der Waals surface area contributed by atoms with E-state index >= 15 is 0 Å². The van der Waals surface area contributed by atoms with Gasteiger partial charge in [0.25, 0.3) is 0 Å². The fraction of sp³-hybridized carbons (Fsp3) is 0.636. The first-order valence-corrected chi connectivity index (χ1v) is 30.8. The number of rotatable bonds is 43. The van der Waals surface area contributed by atoms with E-state index in [1.165, 1.54) is 180 Å². The zero-order valence-electron chi connectivity index (χ0n) is 48.7. The highest BCUT2D eigenvalue weighted by atomic mass is 16.5. The first-order chi connectivity index (χ1) is 37.7. The molecule has 1 aliphatic heterocycles. The average molecular weight is 1070 g/mol. The van der Waals surface area contributed by atoms with Crippen molar-refractivity contribution in [3.63, 3.8) is 0 Å². The lowest BCUT2D eigenvalue weighted by molar-refractivity contribution is -0.254. The second kappa shape index (κ2) is 42.7. The minimum Gasteiger partial charge on any atom is -0.545 e. The van der Waals surface area contributed by atoms with Crippen LogP contribution in [0.4, 0.5) is 15.3 Å². The molecule has 2 amide bonds. The smallest absolute Gasteiger partial charge is 0.407 e. The number of amides is 2. The van der Waals surface area contributed by atoms with E-state index in [9.17, 15) is 19.5 Å². The Hall–Kier alpha value is -5.32. The van der Waals surface area contributed by atoms with Gasteiger partial charge in [-0.15, -0.1) is 0 Å². The molecule has 0 aromatic heterocycles. The van der Waals surface area contributed by atoms with Gasteiger partial charge in [0, 0.05) is 59.5 Å². The fourth-order valence-electron chi connectivity index (χ4n) is 10.3. The number of ether oxygens (including phenoxy) is 1. The number of alkyl carbamates (subject to hydrolysis) is 1. The van der Waals surface area contributed by atoms with E-state index in [2.05, 4.69) is 42.6 Å². The Morgan fingerprint density at radius 3 is 1.55 bits per heavy atom. The second-order valence-electron chi connectivity index (χ2n) is 21.1. The number of carbonyl (C=O) groups is 3. The number of unbranched alkanes of at least 4 members (excludes halogenated alkanes) is 30. The topological polar surface area (TPSA) is 147 Å². The minimum atomic E-state index is -1.24. The van der Waals surface area contributed by atoms with E-state index in [-0.39, 0.29) is 18.3 Å². The number of fused-ring (bicyclic) bond motifs is 2. The highest BCUT2D eigenvalue weighted by Gasteiger charge is 2.21. The molecule has 0 unspecified atom stereocenters. The van der Waals surface area contributed by atoms with Crippen molar-refractivity contribution in [2.45, 2.75) is 233 Å². The number of aromatic carboxylic acids is 1. The molecular weight excluding hydrogens is 961 g/mol. The molecular formula is C66H104N4O7. The molecule has 11 heteroatoms. The number of benzene rings is 3. The Bertz CT molecular complexity index is 2250. The van der Waals surface area contributed by atoms with Crippen molar-refractivity contribution in [1.29, 1.82) is 0 Å². The van der Waals surface area contributed by atoms with Crippen molar-refractivity contribution in [3.05, 3.63) is 84.4 Å². The number of nitrogens with zero attached hydrogens (tertiary/aromatic N) is 2. The first kappa shape index (κ1) is 66.0. The largest absolute Gasteiger partial charge is 0.545 e. The molecule has 0 radical (unpaired) electrons. The lowest BCUT2D eigenvalue weighted by Crippen LogP contribution is -2.34. The lowest BCUT2D eigenvalue weighted by Gasteiger charge is -2.21. The van der Waals surface area contributed by atoms with E-state index in [0.29, 0.717) is 43.1 Å². The molecule has 0 fully saturated rings. The van der Waals surface area contributed by atoms with Crippen molar-refractivity contribution in [1.82, 2.24) is 15.2 Å². The molecule has 0 saturated heterocycles. The quantitative estimate of drug-likeness (QED) is 0.0226. The third-order valence-electron chi connectivity index (χ3n) is 14.9. The summed E-state index contributed by atoms with van der Waals surface area (Å²) in [6.07, 6.45) is 43.2. The summed E-state index contributed by atoms with van der Waals surface area (Å²) < 4.78 is 14.2. The third kappa shape index (κ3) is 27.7. The fourth-order valence-corrected chi connectivity index (χ4v) is 10.3. The van der Waals surface area contributed by atoms with Gasteiger partial charge in [0.15, 0.2) is 13.2 Å². The van der Waals surface area contributed by atoms with Crippen LogP contribution in [0.1, 0.15) is 244 Å². The van der Waals surface area contributed by atoms with Crippen LogP contribution in [-0.4, -0.2) is 62.6 Å². The Morgan fingerprint density at radius 2 is 1.09 bits per heavy atom. The maximum absolute atomic E-state index is 12.5. The molecule has 2 aromatic rings. The van der Waals surface area contributed by atoms with Crippen molar-refractivity contribution in [2.24, 2.45) is 0 Å². The van der Waals surface area contributed by atoms with Crippen LogP contribution in [0.15, 0.2) is 77.9 Å². The van der Waals surface area contributed by atoms with Gasteiger partial charge in [-0.05, 0) is 56.7 Å². The van der Waals surface area contributed by atoms with E-state index in [1.54, 1.807) is 18.3 Å². The van der Waals surface area contributed by atoms with Crippen LogP contribution in [0.25, 0.3) is 33.4 Å². The van der Waals surface area contributed by atoms with Crippen LogP contribution in [0.3, 0.4) is 0 Å². The van der Waals surface area contributed by atoms with Gasteiger partial charge in [-0.2, -0.15) is 0 Å². The van der Waals surface area contributed by atoms with Crippen molar-refractivity contribution >= 4 is 34.8 Å². The summed E-state index contributed by atoms with van der Waals surface area (Å²) in [6.45, 7) is 16.0. The molecule has 2 aromatic carbocycles. The van der Waals surface area contributed by atoms with Crippen LogP contribution in [0, 0.1) is 0 Å². The number of anilines is 1. The average Bonchev–Trinajstić information content (AvgIpc) is 3.44. The predicted molar refractivity (Wildman–Crippen MR) is 321 cm³/mol. The summed E-state index contributed by atoms with van der Waals surface area (Å²) in [4.78, 5) is 36.9. The standard InChI is InChI=1S/C47H65N3O5.C19H39NO2/c1-5-9-10-11-12-13-14-15-16-17-18-19-20-21-22-25-32-48-47(53)54-34-33-50(8-4)38-29-31-42-44(36-38)55-43-35-37(49(6-2)7-3)28-30-41(43)45(42)39-26-23-24-27-40(39)46(51)52;1-2-3-4-5-6-7-8-9-10-11-12-13-14-15-16-17-18-20-19(21)22/h6,23-24,26-31,35-36H,2,5,7-22,25,32-34H2,1,3-4H3,(H-,48,51,52,53);20H,2-18H2,1H3,(H,21,22). The number of nitrogens with one attached hydrogen (secondary N) is 2. The molecule has 2 aliphatic rings. The molecule has 0 saturated carbocycles. The molecule has 0 spiro atoms. The Morgan fingerprint density at radius 1 is 0.610 bits per heavy atom. The van der Waals surface area contributed by atoms with Crippen LogP contribution in [0.2, 0.25) is 0 Å². The van der Waals surface area contributed by atoms with E-state index in [4.69, 9.17) is 14.3 Å². The molecule has 0 atom stereocenters. The Labute approximate surface area is 466 Å². The number of likely N-dealkylation sites (N-methyl/N-ethyl adjacent to an activating group) is 1. The monoisotopic (exact) mass is 1060 g/mol. The van der Waals surface area contributed by atoms with Crippen molar-refractivity contribution in [2.75, 3.05) is 44.2 Å². The SMILES string of the molecule is C=CN(CC)c1ccc2c(-c3ccccc3C(=O)[O-])c3ccc(=[N+](CC)CCOC(=O)NCCCCCCCCCCCCCCCCCC)cc-3oc2c1.CCCCCCCCCCCCCCCCCCNC(=O)O. The molecule has 0 bridgehead atoms. The molecule has 11 nitrogen and oxygen atoms in total. The van der Waals surface area contributed by atoms with Gasteiger partial charge in [-0.1, -0.05) is 237 Å². The summed E-state index contributed by atoms with van der Waals surface area (Å²) in [5.41, 5.74) is 3.78. The van der Waals surface area contributed by atoms with Crippen molar-refractivity contribution < 1.29 is 33.8 Å². The van der Waals surface area contributed by atoms with Crippen LogP contribution >= 0.6 is 0 Å². The number of hydrogen-bond donors (Lipinski definition) is 3. The maximum atomic E-state index is 12.5. The van der Waals surface area contributed by atoms with Gasteiger partial charge >= 0.3 is 12.2 Å². The van der Waals surface area contributed by atoms with Crippen LogP contribution in [0.5, 0.6) is 0 Å². The number of carbonyl (C=O) groups excluding carboxylic acids is 2. The molecule has 1 aliphatic carbocycles. The maximum Gasteiger partial charge on any atom is 0.407 e. The molecule has 77 heavy (non-hydrogen) atoms. The van der Waals surface area contributed by atoms with E-state index in [0.717, 1.165) is 59.8 Å². The highest BCUT2D eigenvalue weighted by molar-refractivity contribution is 6.07. The van der Waals surface area contributed by atoms with E-state index < -0.39 is 12.1 Å². The molecule has 3 N–H and O–H groups in total. The van der Waals surface area contributed by atoms with Gasteiger partial charge in [0.2, 0.25) is 5.36 Å². The zero-order valence-corrected chi connectivity index (χ0v) is 48.7. The lowest BCUT2D eigenvalue weighted by atomic mass is 9.90. The van der Waals surface area contributed by atoms with Gasteiger partial charge < -0.3 is 39.7 Å². The molecule has 1 heterocycles. The van der Waals surface area contributed by atoms with Gasteiger partial charge in [-0.25, -0.2) is 14.2 Å². The first-order valence-electron chi connectivity index (χ1n) is 30.8. The summed E-state index contributed by atoms with van der Waals surface area (Å²) in [7, 11) is 0. The highest BCUT2D eigenvalue weighted by Crippen LogP contribution is 2.42. The summed E-state index contributed by atoms with van der Waals surface area (Å²) in [6, 6.07) is 18.8. The summed E-state index contributed by atoms with van der Waals surface area (Å²) in [5, 5.41) is 27.7. The zero-order chi connectivity index (χ0) is 55.6. The minimum absolute atomic E-state index is 0.117. The summed E-state index contributed by atoms with van der Waals surface area (Å²) in [5.74, 6) is -0.621. The number of carboxylic acids is 1. The van der Waals surface area contributed by atoms with Gasteiger partial charge in [0.1, 0.15) is 17.9 Å². The predicted octanol–water partition coefficient (Wildman–Crippen LogP) is 16.8. The van der Waals surface area contributed by atoms with Crippen LogP contribution in [-0.2, 0) is 4.74 Å². The van der Waals surface area contributed by atoms with Crippen LogP contribution < -0.4 is 30.6 Å². The molecule has 4 rings (SSSR count). The van der Waals surface area contributed by atoms with Gasteiger partial charge in [-0.3, -0.25) is 0 Å². The van der Waals surface area contributed by atoms with Crippen molar-refractivity contribution in [3.8, 4) is 22.5 Å². The number of hydrogen-bond acceptors (Lipinski definition) is 7. The Kier molecular flexibility index (Phi) is 36.6. The third-order valence-corrected chi connectivity index (χ3v) is 14.9. The molecule has 430 valence electrons. The Balaban J connectivity index is 0.000000596. The van der Waals surface area contributed by atoms with Gasteiger partial charge in [0.05, 0.1) is 12.0 Å². The number of carboxylic acid groups (broad SMARTS) is 2. The normalized spacial score (nSPS) is 11.5. The summed E-state index contributed by atoms with van der Waals surface area (Å²) >= 11 is 0.